The van der Waals surface area contributed by atoms with Gasteiger partial charge in [-0.15, -0.1) is 10.2 Å². The van der Waals surface area contributed by atoms with Crippen LogP contribution >= 0.6 is 11.8 Å². The van der Waals surface area contributed by atoms with Crippen LogP contribution in [0, 0.1) is 24.1 Å². The molecule has 0 atom stereocenters. The highest BCUT2D eigenvalue weighted by atomic mass is 32.2. The fourth-order valence-electron chi connectivity index (χ4n) is 1.22. The van der Waals surface area contributed by atoms with Gasteiger partial charge in [-0.3, -0.25) is 0 Å². The van der Waals surface area contributed by atoms with Crippen LogP contribution in [0.1, 0.15) is 11.4 Å². The number of halogens is 1. The highest BCUT2D eigenvalue weighted by Crippen LogP contribution is 2.29. The van der Waals surface area contributed by atoms with Gasteiger partial charge in [0, 0.05) is 4.90 Å². The second kappa shape index (κ2) is 4.43. The quantitative estimate of drug-likeness (QED) is 0.815. The normalized spacial score (nSPS) is 10.2. The van der Waals surface area contributed by atoms with E-state index in [9.17, 15) is 4.39 Å². The van der Waals surface area contributed by atoms with Crippen LogP contribution in [0.5, 0.6) is 0 Å². The maximum absolute atomic E-state index is 13.3. The lowest BCUT2D eigenvalue weighted by Gasteiger charge is -2.03. The van der Waals surface area contributed by atoms with Crippen LogP contribution in [0.3, 0.4) is 0 Å². The Morgan fingerprint density at radius 2 is 2.24 bits per heavy atom. The fraction of sp³-hybridized carbons (Fsp3) is 0.100. The summed E-state index contributed by atoms with van der Waals surface area (Å²) in [6.45, 7) is 1.70. The maximum atomic E-state index is 13.3. The Hall–Kier alpha value is -2.07. The van der Waals surface area contributed by atoms with E-state index in [1.54, 1.807) is 13.0 Å². The van der Waals surface area contributed by atoms with Gasteiger partial charge in [0.2, 0.25) is 5.16 Å². The van der Waals surface area contributed by atoms with Crippen molar-refractivity contribution in [1.82, 2.24) is 14.9 Å². The van der Waals surface area contributed by atoms with E-state index in [0.29, 0.717) is 15.9 Å². The zero-order chi connectivity index (χ0) is 12.4. The third-order valence-electron chi connectivity index (χ3n) is 2.12. The summed E-state index contributed by atoms with van der Waals surface area (Å²) in [6.07, 6.45) is 0. The second-order valence-electron chi connectivity index (χ2n) is 3.23. The Labute approximate surface area is 101 Å². The molecule has 2 N–H and O–H groups in total. The molecule has 86 valence electrons. The molecule has 17 heavy (non-hydrogen) atoms. The topological polar surface area (TPSA) is 80.5 Å². The van der Waals surface area contributed by atoms with Crippen molar-refractivity contribution < 1.29 is 4.39 Å². The minimum absolute atomic E-state index is 0.0156. The van der Waals surface area contributed by atoms with Crippen LogP contribution in [-0.2, 0) is 0 Å². The molecule has 0 aliphatic rings. The molecule has 0 aliphatic carbocycles. The average Bonchev–Trinajstić information content (AvgIpc) is 2.61. The monoisotopic (exact) mass is 249 g/mol. The highest BCUT2D eigenvalue weighted by molar-refractivity contribution is 7.99. The van der Waals surface area contributed by atoms with Gasteiger partial charge in [-0.05, 0) is 30.8 Å². The lowest BCUT2D eigenvalue weighted by Crippen LogP contribution is -2.11. The van der Waals surface area contributed by atoms with Crippen molar-refractivity contribution in [2.75, 3.05) is 5.84 Å². The molecule has 0 saturated heterocycles. The van der Waals surface area contributed by atoms with E-state index < -0.39 is 5.82 Å². The van der Waals surface area contributed by atoms with Gasteiger partial charge < -0.3 is 5.84 Å². The van der Waals surface area contributed by atoms with Crippen molar-refractivity contribution >= 4 is 11.8 Å². The molecule has 1 heterocycles. The number of hydrogen-bond acceptors (Lipinski definition) is 5. The summed E-state index contributed by atoms with van der Waals surface area (Å²) in [4.78, 5) is 0.464. The summed E-state index contributed by atoms with van der Waals surface area (Å²) in [5, 5.41) is 16.9. The summed E-state index contributed by atoms with van der Waals surface area (Å²) in [6, 6.07) is 6.22. The number of nitrogens with zero attached hydrogens (tertiary/aromatic N) is 4. The van der Waals surface area contributed by atoms with Gasteiger partial charge in [0.15, 0.2) is 0 Å². The number of nitrogens with two attached hydrogens (primary N) is 1. The number of aryl methyl sites for hydroxylation is 1. The van der Waals surface area contributed by atoms with Crippen molar-refractivity contribution in [2.24, 2.45) is 0 Å². The zero-order valence-corrected chi connectivity index (χ0v) is 9.70. The molecule has 0 bridgehead atoms. The first-order chi connectivity index (χ1) is 8.13. The van der Waals surface area contributed by atoms with Gasteiger partial charge in [-0.2, -0.15) is 5.26 Å². The van der Waals surface area contributed by atoms with Crippen LogP contribution in [0.2, 0.25) is 0 Å². The van der Waals surface area contributed by atoms with Crippen molar-refractivity contribution in [2.45, 2.75) is 17.0 Å². The molecule has 1 aromatic heterocycles. The summed E-state index contributed by atoms with van der Waals surface area (Å²) >= 11 is 1.10. The van der Waals surface area contributed by atoms with Gasteiger partial charge >= 0.3 is 0 Å². The second-order valence-corrected chi connectivity index (χ2v) is 4.24. The Balaban J connectivity index is 2.41. The first-order valence-electron chi connectivity index (χ1n) is 4.67. The molecule has 2 aromatic rings. The Bertz CT molecular complexity index is 601. The molecule has 0 amide bonds. The average molecular weight is 249 g/mol. The third kappa shape index (κ3) is 2.07. The predicted octanol–water partition coefficient (Wildman–Crippen LogP) is 1.46. The van der Waals surface area contributed by atoms with E-state index >= 15 is 0 Å². The van der Waals surface area contributed by atoms with Crippen molar-refractivity contribution in [3.8, 4) is 6.07 Å². The zero-order valence-electron chi connectivity index (χ0n) is 8.88. The number of nitriles is 1. The van der Waals surface area contributed by atoms with E-state index in [0.717, 1.165) is 11.8 Å². The van der Waals surface area contributed by atoms with Gasteiger partial charge in [0.05, 0.1) is 0 Å². The first-order valence-corrected chi connectivity index (χ1v) is 5.48. The number of aromatic nitrogens is 3. The minimum Gasteiger partial charge on any atom is -0.336 e. The molecule has 0 unspecified atom stereocenters. The molecule has 0 fully saturated rings. The van der Waals surface area contributed by atoms with Gasteiger partial charge in [-0.1, -0.05) is 6.07 Å². The Kier molecular flexibility index (Phi) is 2.97. The van der Waals surface area contributed by atoms with Crippen LogP contribution < -0.4 is 5.84 Å². The van der Waals surface area contributed by atoms with E-state index in [1.807, 2.05) is 6.07 Å². The molecule has 7 heteroatoms. The molecular weight excluding hydrogens is 241 g/mol. The molecular formula is C10H8FN5S. The molecule has 1 aromatic carbocycles. The van der Waals surface area contributed by atoms with Gasteiger partial charge in [-0.25, -0.2) is 9.07 Å². The van der Waals surface area contributed by atoms with Crippen molar-refractivity contribution in [3.05, 3.63) is 35.4 Å². The largest absolute Gasteiger partial charge is 0.336 e. The van der Waals surface area contributed by atoms with Gasteiger partial charge in [0.1, 0.15) is 23.3 Å². The lowest BCUT2D eigenvalue weighted by atomic mass is 10.2. The number of benzene rings is 1. The maximum Gasteiger partial charge on any atom is 0.214 e. The van der Waals surface area contributed by atoms with Crippen LogP contribution in [0.4, 0.5) is 4.39 Å². The number of rotatable bonds is 2. The summed E-state index contributed by atoms with van der Waals surface area (Å²) in [5.74, 6) is 5.66. The van der Waals surface area contributed by atoms with Crippen LogP contribution in [0.25, 0.3) is 0 Å². The van der Waals surface area contributed by atoms with Crippen molar-refractivity contribution in [1.29, 1.82) is 5.26 Å². The Morgan fingerprint density at radius 3 is 2.82 bits per heavy atom. The molecule has 0 saturated carbocycles. The van der Waals surface area contributed by atoms with Crippen LogP contribution in [-0.4, -0.2) is 14.9 Å². The minimum atomic E-state index is -0.558. The molecule has 2 rings (SSSR count). The molecule has 0 radical (unpaired) electrons. The van der Waals surface area contributed by atoms with E-state index in [4.69, 9.17) is 11.1 Å². The van der Waals surface area contributed by atoms with Crippen LogP contribution in [0.15, 0.2) is 28.3 Å². The molecule has 0 spiro atoms. The number of hydrogen-bond donors (Lipinski definition) is 1. The molecule has 5 nitrogen and oxygen atoms in total. The highest BCUT2D eigenvalue weighted by Gasteiger charge is 2.13. The van der Waals surface area contributed by atoms with Gasteiger partial charge in [0.25, 0.3) is 0 Å². The number of nitrogen functional groups attached to an aromatic ring is 1. The van der Waals surface area contributed by atoms with E-state index in [1.165, 1.54) is 16.8 Å². The first kappa shape index (κ1) is 11.4. The predicted molar refractivity (Wildman–Crippen MR) is 60.1 cm³/mol. The summed E-state index contributed by atoms with van der Waals surface area (Å²) < 4.78 is 14.6. The standard InChI is InChI=1S/C10H8FN5S/c1-6-14-15-10(16(6)13)17-9-4-2-3-8(11)7(9)5-12/h2-4H,13H2,1H3. The van der Waals surface area contributed by atoms with Crippen molar-refractivity contribution in [3.63, 3.8) is 0 Å². The third-order valence-corrected chi connectivity index (χ3v) is 3.14. The Morgan fingerprint density at radius 1 is 1.47 bits per heavy atom. The van der Waals surface area contributed by atoms with E-state index in [2.05, 4.69) is 10.2 Å². The summed E-state index contributed by atoms with van der Waals surface area (Å²) in [7, 11) is 0. The summed E-state index contributed by atoms with van der Waals surface area (Å²) in [5.41, 5.74) is -0.0156. The smallest absolute Gasteiger partial charge is 0.214 e. The lowest BCUT2D eigenvalue weighted by molar-refractivity contribution is 0.619. The SMILES string of the molecule is Cc1nnc(Sc2cccc(F)c2C#N)n1N. The molecule has 0 aliphatic heterocycles. The fourth-order valence-corrected chi connectivity index (χ4v) is 2.12. The van der Waals surface area contributed by atoms with E-state index in [-0.39, 0.29) is 5.56 Å².